The zero-order chi connectivity index (χ0) is 28.2. The average Bonchev–Trinajstić information content (AvgIpc) is 3.22. The molecule has 1 heterocycles. The van der Waals surface area contributed by atoms with Gasteiger partial charge < -0.3 is 5.32 Å². The number of amides is 3. The zero-order valence-electron chi connectivity index (χ0n) is 22.0. The van der Waals surface area contributed by atoms with Gasteiger partial charge in [-0.25, -0.2) is 0 Å². The normalized spacial score (nSPS) is 25.8. The summed E-state index contributed by atoms with van der Waals surface area (Å²) >= 11 is 14.9. The number of ketones is 1. The van der Waals surface area contributed by atoms with Crippen LogP contribution in [0.2, 0.25) is 0 Å². The maximum atomic E-state index is 13.8. The first-order valence-corrected chi connectivity index (χ1v) is 14.3. The quantitative estimate of drug-likeness (QED) is 0.155. The van der Waals surface area contributed by atoms with Crippen LogP contribution in [0.25, 0.3) is 0 Å². The molecule has 1 aliphatic heterocycles. The van der Waals surface area contributed by atoms with Gasteiger partial charge in [0, 0.05) is 24.2 Å². The fourth-order valence-corrected chi connectivity index (χ4v) is 7.79. The van der Waals surface area contributed by atoms with E-state index in [2.05, 4.69) is 5.32 Å². The number of unbranched alkanes of at least 4 members (excludes halogenated alkanes) is 2. The molecule has 6 nitrogen and oxygen atoms in total. The highest BCUT2D eigenvalue weighted by Gasteiger charge is 2.72. The van der Waals surface area contributed by atoms with Crippen molar-refractivity contribution in [1.29, 1.82) is 0 Å². The first-order chi connectivity index (χ1) is 19.2. The Morgan fingerprint density at radius 1 is 0.750 bits per heavy atom. The second kappa shape index (κ2) is 9.86. The number of nitrogens with one attached hydrogen (secondary N) is 1. The fraction of sp³-hybridized carbons (Fsp3) is 0.312. The monoisotopic (exact) mass is 574 g/mol. The average molecular weight is 575 g/mol. The van der Waals surface area contributed by atoms with Crippen molar-refractivity contribution in [3.63, 3.8) is 0 Å². The highest BCUT2D eigenvalue weighted by molar-refractivity contribution is 6.36. The van der Waals surface area contributed by atoms with E-state index in [0.29, 0.717) is 36.9 Å². The molecule has 7 rings (SSSR count). The Morgan fingerprint density at radius 3 is 1.68 bits per heavy atom. The van der Waals surface area contributed by atoms with Crippen LogP contribution in [0.4, 0.5) is 5.69 Å². The summed E-state index contributed by atoms with van der Waals surface area (Å²) in [5, 5.41) is 2.83. The predicted molar refractivity (Wildman–Crippen MR) is 153 cm³/mol. The fourth-order valence-electron chi connectivity index (χ4n) is 6.69. The molecule has 3 amide bonds. The number of hydrogen-bond acceptors (Lipinski definition) is 4. The molecule has 0 aromatic heterocycles. The second-order valence-corrected chi connectivity index (χ2v) is 12.0. The number of anilines is 1. The topological polar surface area (TPSA) is 83.6 Å². The lowest BCUT2D eigenvalue weighted by molar-refractivity contribution is -0.140. The van der Waals surface area contributed by atoms with Gasteiger partial charge >= 0.3 is 0 Å². The molecule has 40 heavy (non-hydrogen) atoms. The molecule has 0 radical (unpaired) electrons. The van der Waals surface area contributed by atoms with Crippen LogP contribution in [0, 0.1) is 11.8 Å². The largest absolute Gasteiger partial charge is 0.326 e. The molecule has 4 aliphatic rings. The van der Waals surface area contributed by atoms with Crippen molar-refractivity contribution in [3.05, 3.63) is 101 Å². The van der Waals surface area contributed by atoms with Crippen molar-refractivity contribution in [2.75, 3.05) is 11.9 Å². The van der Waals surface area contributed by atoms with E-state index in [1.807, 2.05) is 48.5 Å². The summed E-state index contributed by atoms with van der Waals surface area (Å²) in [6, 6.07) is 22.0. The minimum absolute atomic E-state index is 0.0312. The number of halogens is 2. The Labute approximate surface area is 242 Å². The molecule has 3 aromatic rings. The van der Waals surface area contributed by atoms with Gasteiger partial charge in [0.2, 0.25) is 17.7 Å². The molecule has 0 spiro atoms. The van der Waals surface area contributed by atoms with Crippen molar-refractivity contribution in [1.82, 2.24) is 4.90 Å². The van der Waals surface area contributed by atoms with E-state index < -0.39 is 21.6 Å². The maximum Gasteiger partial charge on any atom is 0.235 e. The molecule has 204 valence electrons. The Kier molecular flexibility index (Phi) is 6.59. The van der Waals surface area contributed by atoms with Gasteiger partial charge in [0.15, 0.2) is 5.78 Å². The smallest absolute Gasteiger partial charge is 0.235 e. The molecule has 1 N–H and O–H groups in total. The van der Waals surface area contributed by atoms with Crippen LogP contribution in [0.5, 0.6) is 0 Å². The van der Waals surface area contributed by atoms with Crippen LogP contribution in [0.15, 0.2) is 72.8 Å². The number of likely N-dealkylation sites (tertiary alicyclic amines) is 1. The predicted octanol–water partition coefficient (Wildman–Crippen LogP) is 5.98. The van der Waals surface area contributed by atoms with Crippen LogP contribution in [0.1, 0.15) is 65.2 Å². The van der Waals surface area contributed by atoms with Crippen LogP contribution >= 0.6 is 23.2 Å². The molecule has 1 fully saturated rings. The summed E-state index contributed by atoms with van der Waals surface area (Å²) < 4.78 is 0. The SMILES string of the molecule is CC(=O)c1ccc(NC(=O)CCCCCN2C(=O)[C@H]3[C@H](C2=O)C2(Cl)c4ccccc4C3(Cl)c3ccccc32)cc1. The molecule has 0 saturated carbocycles. The first-order valence-electron chi connectivity index (χ1n) is 13.5. The summed E-state index contributed by atoms with van der Waals surface area (Å²) in [6.45, 7) is 1.75. The number of hydrogen-bond donors (Lipinski definition) is 1. The number of imide groups is 1. The standard InChI is InChI=1S/C32H28Cl2N2O4/c1-19(37)20-14-16-21(17-15-20)35-26(38)13-3-2-8-18-36-29(39)27-28(30(36)40)32(34)23-10-5-4-9-22(23)31(27,33)24-11-6-7-12-25(24)32/h4-7,9-12,14-17,27-28H,2-3,8,13,18H2,1H3,(H,35,38)/t27-,28-,31?,32?/m1/s1. The number of Topliss-reactive ketones (excluding diaryl/α,β-unsaturated/α-hetero) is 1. The van der Waals surface area contributed by atoms with Crippen LogP contribution < -0.4 is 5.32 Å². The highest BCUT2D eigenvalue weighted by Crippen LogP contribution is 2.69. The van der Waals surface area contributed by atoms with Gasteiger partial charge in [-0.15, -0.1) is 23.2 Å². The Balaban J connectivity index is 1.12. The lowest BCUT2D eigenvalue weighted by Crippen LogP contribution is -2.57. The van der Waals surface area contributed by atoms with Crippen LogP contribution in [0.3, 0.4) is 0 Å². The van der Waals surface area contributed by atoms with Gasteiger partial charge in [-0.2, -0.15) is 0 Å². The van der Waals surface area contributed by atoms with Crippen molar-refractivity contribution in [2.24, 2.45) is 11.8 Å². The number of carbonyl (C=O) groups is 4. The molecule has 2 bridgehead atoms. The number of carbonyl (C=O) groups excluding carboxylic acids is 4. The molecule has 3 aliphatic carbocycles. The van der Waals surface area contributed by atoms with Crippen molar-refractivity contribution < 1.29 is 19.2 Å². The van der Waals surface area contributed by atoms with E-state index in [-0.39, 0.29) is 30.0 Å². The van der Waals surface area contributed by atoms with Crippen molar-refractivity contribution in [3.8, 4) is 0 Å². The van der Waals surface area contributed by atoms with E-state index >= 15 is 0 Å². The Bertz CT molecular complexity index is 1430. The third kappa shape index (κ3) is 3.84. The van der Waals surface area contributed by atoms with Gasteiger partial charge in [0.05, 0.1) is 11.8 Å². The van der Waals surface area contributed by atoms with Gasteiger partial charge in [-0.3, -0.25) is 24.1 Å². The number of rotatable bonds is 8. The number of benzene rings is 3. The molecular formula is C32H28Cl2N2O4. The van der Waals surface area contributed by atoms with Crippen LogP contribution in [-0.2, 0) is 24.1 Å². The maximum absolute atomic E-state index is 13.8. The first kappa shape index (κ1) is 26.7. The van der Waals surface area contributed by atoms with Crippen molar-refractivity contribution >= 4 is 52.4 Å². The van der Waals surface area contributed by atoms with Crippen LogP contribution in [-0.4, -0.2) is 34.9 Å². The summed E-state index contributed by atoms with van der Waals surface area (Å²) in [5.41, 5.74) is 4.37. The molecule has 8 heteroatoms. The molecule has 0 unspecified atom stereocenters. The van der Waals surface area contributed by atoms with E-state index in [0.717, 1.165) is 22.3 Å². The zero-order valence-corrected chi connectivity index (χ0v) is 23.5. The summed E-state index contributed by atoms with van der Waals surface area (Å²) in [6.07, 6.45) is 2.15. The van der Waals surface area contributed by atoms with Gasteiger partial charge in [-0.1, -0.05) is 55.0 Å². The summed E-state index contributed by atoms with van der Waals surface area (Å²) in [7, 11) is 0. The molecule has 1 saturated heterocycles. The van der Waals surface area contributed by atoms with Gasteiger partial charge in [0.25, 0.3) is 0 Å². The van der Waals surface area contributed by atoms with E-state index in [9.17, 15) is 19.2 Å². The van der Waals surface area contributed by atoms with Crippen molar-refractivity contribution in [2.45, 2.75) is 42.4 Å². The lowest BCUT2D eigenvalue weighted by Gasteiger charge is -2.54. The Hall–Kier alpha value is -3.48. The van der Waals surface area contributed by atoms with E-state index in [1.165, 1.54) is 11.8 Å². The summed E-state index contributed by atoms with van der Waals surface area (Å²) in [5.74, 6) is -2.31. The van der Waals surface area contributed by atoms with E-state index in [4.69, 9.17) is 23.2 Å². The third-order valence-electron chi connectivity index (χ3n) is 8.54. The summed E-state index contributed by atoms with van der Waals surface area (Å²) in [4.78, 5) is 50.4. The van der Waals surface area contributed by atoms with E-state index in [1.54, 1.807) is 24.3 Å². The molecule has 3 aromatic carbocycles. The second-order valence-electron chi connectivity index (χ2n) is 10.8. The highest BCUT2D eigenvalue weighted by atomic mass is 35.5. The number of nitrogens with zero attached hydrogens (tertiary/aromatic N) is 1. The minimum Gasteiger partial charge on any atom is -0.326 e. The lowest BCUT2D eigenvalue weighted by atomic mass is 9.54. The Morgan fingerprint density at radius 2 is 1.23 bits per heavy atom. The number of alkyl halides is 2. The van der Waals surface area contributed by atoms with Gasteiger partial charge in [-0.05, 0) is 66.3 Å². The molecular weight excluding hydrogens is 547 g/mol. The minimum atomic E-state index is -1.17. The molecule has 2 atom stereocenters. The third-order valence-corrected chi connectivity index (χ3v) is 9.82. The van der Waals surface area contributed by atoms with Gasteiger partial charge in [0.1, 0.15) is 9.75 Å².